The summed E-state index contributed by atoms with van der Waals surface area (Å²) in [6, 6.07) is 37.9. The number of para-hydroxylation sites is 2. The standard InChI is InChI=1S/C34H22N4O2S/c39-34(40)23-16-8-7-15-22(23)31-37-29-28-24(20-11-3-1-4-12-20)19-26(21-13-5-2-6-14-21)36-33(28)41-30(29)32-35-25-17-9-10-18-27(25)38(31)32/h1-19,31,37H,(H,39,40). The summed E-state index contributed by atoms with van der Waals surface area (Å²) in [5.74, 6) is -0.165. The number of hydrogen-bond donors (Lipinski definition) is 2. The SMILES string of the molecule is O=C(O)c1ccccc1C1Nc2c(sc3nc(-c4ccccc4)cc(-c4ccccc4)c23)-c2nc3ccccc3n21. The molecule has 4 heterocycles. The molecule has 0 bridgehead atoms. The zero-order valence-corrected chi connectivity index (χ0v) is 22.5. The Hall–Kier alpha value is -5.27. The number of imidazole rings is 1. The molecule has 0 aliphatic carbocycles. The Balaban J connectivity index is 1.46. The van der Waals surface area contributed by atoms with Crippen LogP contribution in [0.5, 0.6) is 0 Å². The highest BCUT2D eigenvalue weighted by Crippen LogP contribution is 2.51. The van der Waals surface area contributed by atoms with Crippen LogP contribution in [-0.2, 0) is 0 Å². The molecule has 8 rings (SSSR count). The molecular formula is C34H22N4O2S. The summed E-state index contributed by atoms with van der Waals surface area (Å²) in [7, 11) is 0. The van der Waals surface area contributed by atoms with Crippen molar-refractivity contribution in [2.75, 3.05) is 5.32 Å². The van der Waals surface area contributed by atoms with Gasteiger partial charge in [-0.3, -0.25) is 4.57 Å². The second-order valence-electron chi connectivity index (χ2n) is 10.0. The van der Waals surface area contributed by atoms with Gasteiger partial charge in [0.25, 0.3) is 0 Å². The fourth-order valence-electron chi connectivity index (χ4n) is 5.81. The van der Waals surface area contributed by atoms with Crippen molar-refractivity contribution in [3.05, 3.63) is 126 Å². The van der Waals surface area contributed by atoms with Crippen molar-refractivity contribution in [1.82, 2.24) is 14.5 Å². The number of anilines is 1. The first-order valence-electron chi connectivity index (χ1n) is 13.3. The maximum absolute atomic E-state index is 12.3. The molecule has 1 aliphatic rings. The second kappa shape index (κ2) is 9.15. The van der Waals surface area contributed by atoms with Gasteiger partial charge in [-0.05, 0) is 35.4 Å². The van der Waals surface area contributed by atoms with Gasteiger partial charge in [-0.15, -0.1) is 11.3 Å². The van der Waals surface area contributed by atoms with Crippen LogP contribution in [0.15, 0.2) is 115 Å². The summed E-state index contributed by atoms with van der Waals surface area (Å²) >= 11 is 1.61. The van der Waals surface area contributed by atoms with Gasteiger partial charge in [-0.1, -0.05) is 91.0 Å². The van der Waals surface area contributed by atoms with Gasteiger partial charge in [0.05, 0.1) is 32.9 Å². The molecular weight excluding hydrogens is 528 g/mol. The molecule has 0 saturated heterocycles. The van der Waals surface area contributed by atoms with Crippen LogP contribution in [0.2, 0.25) is 0 Å². The third-order valence-corrected chi connectivity index (χ3v) is 8.72. The van der Waals surface area contributed by atoms with Gasteiger partial charge >= 0.3 is 5.97 Å². The zero-order chi connectivity index (χ0) is 27.5. The quantitative estimate of drug-likeness (QED) is 0.230. The molecule has 1 atom stereocenters. The maximum Gasteiger partial charge on any atom is 0.336 e. The van der Waals surface area contributed by atoms with E-state index < -0.39 is 12.1 Å². The predicted molar refractivity (Wildman–Crippen MR) is 164 cm³/mol. The third kappa shape index (κ3) is 3.67. The lowest BCUT2D eigenvalue weighted by atomic mass is 9.98. The van der Waals surface area contributed by atoms with Gasteiger partial charge < -0.3 is 10.4 Å². The first-order chi connectivity index (χ1) is 20.2. The van der Waals surface area contributed by atoms with E-state index in [1.54, 1.807) is 23.5 Å². The van der Waals surface area contributed by atoms with E-state index in [2.05, 4.69) is 40.2 Å². The fraction of sp³-hybridized carbons (Fsp3) is 0.0294. The van der Waals surface area contributed by atoms with Crippen molar-refractivity contribution in [3.8, 4) is 33.1 Å². The molecule has 0 saturated carbocycles. The molecule has 7 heteroatoms. The highest BCUT2D eigenvalue weighted by atomic mass is 32.1. The Labute approximate surface area is 239 Å². The average molecular weight is 551 g/mol. The molecule has 0 fully saturated rings. The summed E-state index contributed by atoms with van der Waals surface area (Å²) in [6.45, 7) is 0. The molecule has 6 nitrogen and oxygen atoms in total. The van der Waals surface area contributed by atoms with Crippen LogP contribution in [0.1, 0.15) is 22.1 Å². The molecule has 196 valence electrons. The molecule has 7 aromatic rings. The lowest BCUT2D eigenvalue weighted by Gasteiger charge is -2.30. The summed E-state index contributed by atoms with van der Waals surface area (Å²) in [6.07, 6.45) is -0.479. The van der Waals surface area contributed by atoms with Crippen molar-refractivity contribution >= 4 is 44.2 Å². The van der Waals surface area contributed by atoms with Gasteiger partial charge in [0, 0.05) is 16.5 Å². The van der Waals surface area contributed by atoms with E-state index >= 15 is 0 Å². The van der Waals surface area contributed by atoms with Crippen LogP contribution in [-0.4, -0.2) is 25.6 Å². The first kappa shape index (κ1) is 23.6. The zero-order valence-electron chi connectivity index (χ0n) is 21.7. The van der Waals surface area contributed by atoms with E-state index in [1.165, 1.54) is 0 Å². The van der Waals surface area contributed by atoms with Crippen LogP contribution < -0.4 is 5.32 Å². The summed E-state index contributed by atoms with van der Waals surface area (Å²) in [5, 5.41) is 14.9. The van der Waals surface area contributed by atoms with Crippen molar-refractivity contribution in [1.29, 1.82) is 0 Å². The van der Waals surface area contributed by atoms with E-state index in [1.807, 2.05) is 72.8 Å². The van der Waals surface area contributed by atoms with E-state index in [0.717, 1.165) is 60.0 Å². The number of aromatic nitrogens is 3. The molecule has 1 unspecified atom stereocenters. The van der Waals surface area contributed by atoms with Crippen molar-refractivity contribution < 1.29 is 9.90 Å². The average Bonchev–Trinajstić information content (AvgIpc) is 3.60. The number of carboxylic acid groups (broad SMARTS) is 1. The van der Waals surface area contributed by atoms with Gasteiger partial charge in [0.15, 0.2) is 5.82 Å². The number of rotatable bonds is 4. The van der Waals surface area contributed by atoms with Crippen molar-refractivity contribution in [3.63, 3.8) is 0 Å². The predicted octanol–water partition coefficient (Wildman–Crippen LogP) is 8.32. The monoisotopic (exact) mass is 550 g/mol. The highest BCUT2D eigenvalue weighted by Gasteiger charge is 2.34. The minimum Gasteiger partial charge on any atom is -0.478 e. The Bertz CT molecular complexity index is 2120. The number of thiophene rings is 1. The maximum atomic E-state index is 12.3. The minimum atomic E-state index is -0.964. The number of pyridine rings is 1. The number of fused-ring (bicyclic) bond motifs is 7. The van der Waals surface area contributed by atoms with Crippen molar-refractivity contribution in [2.24, 2.45) is 0 Å². The number of nitrogens with one attached hydrogen (secondary N) is 1. The van der Waals surface area contributed by atoms with Gasteiger partial charge in [-0.25, -0.2) is 14.8 Å². The van der Waals surface area contributed by atoms with Crippen LogP contribution in [0.25, 0.3) is 54.3 Å². The molecule has 0 spiro atoms. The highest BCUT2D eigenvalue weighted by molar-refractivity contribution is 7.22. The molecule has 41 heavy (non-hydrogen) atoms. The Morgan fingerprint density at radius 2 is 1.49 bits per heavy atom. The molecule has 0 radical (unpaired) electrons. The normalized spacial score (nSPS) is 14.0. The first-order valence-corrected chi connectivity index (χ1v) is 14.1. The topological polar surface area (TPSA) is 80.0 Å². The number of hydrogen-bond acceptors (Lipinski definition) is 5. The summed E-state index contributed by atoms with van der Waals surface area (Å²) in [4.78, 5) is 24.5. The number of carbonyl (C=O) groups is 1. The van der Waals surface area contributed by atoms with Gasteiger partial charge in [0.1, 0.15) is 11.0 Å². The van der Waals surface area contributed by atoms with Gasteiger partial charge in [-0.2, -0.15) is 0 Å². The Morgan fingerprint density at radius 3 is 2.27 bits per heavy atom. The third-order valence-electron chi connectivity index (χ3n) is 7.64. The van der Waals surface area contributed by atoms with Gasteiger partial charge in [0.2, 0.25) is 0 Å². The Kier molecular flexibility index (Phi) is 5.27. The van der Waals surface area contributed by atoms with Crippen LogP contribution >= 0.6 is 11.3 Å². The number of carboxylic acids is 1. The second-order valence-corrected chi connectivity index (χ2v) is 11.0. The van der Waals surface area contributed by atoms with Crippen molar-refractivity contribution in [2.45, 2.75) is 6.17 Å². The molecule has 0 amide bonds. The lowest BCUT2D eigenvalue weighted by molar-refractivity contribution is 0.0695. The Morgan fingerprint density at radius 1 is 0.805 bits per heavy atom. The molecule has 1 aliphatic heterocycles. The van der Waals surface area contributed by atoms with E-state index in [0.29, 0.717) is 5.56 Å². The van der Waals surface area contributed by atoms with E-state index in [4.69, 9.17) is 9.97 Å². The van der Waals surface area contributed by atoms with Crippen LogP contribution in [0, 0.1) is 0 Å². The van der Waals surface area contributed by atoms with Crippen LogP contribution in [0.3, 0.4) is 0 Å². The fourth-order valence-corrected chi connectivity index (χ4v) is 6.96. The minimum absolute atomic E-state index is 0.254. The lowest BCUT2D eigenvalue weighted by Crippen LogP contribution is -2.26. The smallest absolute Gasteiger partial charge is 0.336 e. The molecule has 2 N–H and O–H groups in total. The molecule has 3 aromatic heterocycles. The number of nitrogens with zero attached hydrogens (tertiary/aromatic N) is 3. The number of benzene rings is 4. The largest absolute Gasteiger partial charge is 0.478 e. The van der Waals surface area contributed by atoms with E-state index in [-0.39, 0.29) is 5.56 Å². The van der Waals surface area contributed by atoms with Crippen LogP contribution in [0.4, 0.5) is 5.69 Å². The summed E-state index contributed by atoms with van der Waals surface area (Å²) < 4.78 is 2.12. The molecule has 4 aromatic carbocycles. The van der Waals surface area contributed by atoms with E-state index in [9.17, 15) is 9.90 Å². The summed E-state index contributed by atoms with van der Waals surface area (Å²) in [5.41, 5.74) is 7.73. The number of aromatic carboxylic acids is 1.